The molecule has 4 rings (SSSR count). The van der Waals surface area contributed by atoms with Crippen molar-refractivity contribution in [2.75, 3.05) is 25.6 Å². The normalized spacial score (nSPS) is 12.9. The SMILES string of the molecule is COc1ccccc1OCC(=O)N(CCC(=O)Nc1nc(-c2cccs2)cs1)C1CC1. The summed E-state index contributed by atoms with van der Waals surface area (Å²) in [5.74, 6) is 0.821. The Balaban J connectivity index is 1.28. The topological polar surface area (TPSA) is 80.8 Å². The number of nitrogens with one attached hydrogen (secondary N) is 1. The van der Waals surface area contributed by atoms with Gasteiger partial charge in [0.2, 0.25) is 5.91 Å². The molecule has 1 aliphatic carbocycles. The Morgan fingerprint density at radius 1 is 1.16 bits per heavy atom. The highest BCUT2D eigenvalue weighted by molar-refractivity contribution is 7.16. The van der Waals surface area contributed by atoms with Gasteiger partial charge in [-0.25, -0.2) is 4.98 Å². The maximum Gasteiger partial charge on any atom is 0.260 e. The van der Waals surface area contributed by atoms with E-state index in [2.05, 4.69) is 10.3 Å². The molecule has 1 N–H and O–H groups in total. The molecule has 0 bridgehead atoms. The Labute approximate surface area is 188 Å². The van der Waals surface area contributed by atoms with E-state index in [9.17, 15) is 9.59 Å². The van der Waals surface area contributed by atoms with Crippen molar-refractivity contribution in [2.24, 2.45) is 0 Å². The van der Waals surface area contributed by atoms with Gasteiger partial charge < -0.3 is 19.7 Å². The van der Waals surface area contributed by atoms with Gasteiger partial charge in [-0.1, -0.05) is 18.2 Å². The molecule has 1 saturated carbocycles. The molecule has 0 radical (unpaired) electrons. The number of hydrogen-bond acceptors (Lipinski definition) is 7. The first kappa shape index (κ1) is 21.3. The molecule has 1 fully saturated rings. The van der Waals surface area contributed by atoms with Gasteiger partial charge in [0.25, 0.3) is 5.91 Å². The maximum absolute atomic E-state index is 12.7. The minimum Gasteiger partial charge on any atom is -0.493 e. The molecule has 2 aromatic heterocycles. The van der Waals surface area contributed by atoms with Crippen LogP contribution in [-0.2, 0) is 9.59 Å². The monoisotopic (exact) mass is 457 g/mol. The van der Waals surface area contributed by atoms with Crippen molar-refractivity contribution in [1.82, 2.24) is 9.88 Å². The van der Waals surface area contributed by atoms with Crippen LogP contribution in [0, 0.1) is 0 Å². The van der Waals surface area contributed by atoms with Gasteiger partial charge in [-0.05, 0) is 36.4 Å². The van der Waals surface area contributed by atoms with Gasteiger partial charge in [0.15, 0.2) is 23.2 Å². The van der Waals surface area contributed by atoms with Crippen LogP contribution in [0.3, 0.4) is 0 Å². The third-order valence-corrected chi connectivity index (χ3v) is 6.48. The fourth-order valence-corrected chi connectivity index (χ4v) is 4.62. The third-order valence-electron chi connectivity index (χ3n) is 4.83. The largest absolute Gasteiger partial charge is 0.493 e. The number of rotatable bonds is 10. The van der Waals surface area contributed by atoms with Gasteiger partial charge in [-0.15, -0.1) is 22.7 Å². The number of hydrogen-bond donors (Lipinski definition) is 1. The van der Waals surface area contributed by atoms with Gasteiger partial charge in [-0.3, -0.25) is 9.59 Å². The first-order chi connectivity index (χ1) is 15.1. The molecule has 31 heavy (non-hydrogen) atoms. The number of aromatic nitrogens is 1. The molecule has 2 amide bonds. The van der Waals surface area contributed by atoms with E-state index in [-0.39, 0.29) is 30.9 Å². The van der Waals surface area contributed by atoms with Crippen molar-refractivity contribution in [3.05, 3.63) is 47.2 Å². The van der Waals surface area contributed by atoms with Gasteiger partial charge in [0.05, 0.1) is 17.7 Å². The number of benzene rings is 1. The van der Waals surface area contributed by atoms with Gasteiger partial charge in [0, 0.05) is 24.4 Å². The number of amides is 2. The number of carbonyl (C=O) groups excluding carboxylic acids is 2. The average molecular weight is 458 g/mol. The van der Waals surface area contributed by atoms with Crippen LogP contribution in [0.1, 0.15) is 19.3 Å². The van der Waals surface area contributed by atoms with E-state index < -0.39 is 0 Å². The first-order valence-electron chi connectivity index (χ1n) is 9.98. The average Bonchev–Trinajstić information content (AvgIpc) is 3.25. The van der Waals surface area contributed by atoms with E-state index in [0.29, 0.717) is 23.2 Å². The Morgan fingerprint density at radius 3 is 2.68 bits per heavy atom. The molecule has 162 valence electrons. The van der Waals surface area contributed by atoms with E-state index in [1.165, 1.54) is 11.3 Å². The van der Waals surface area contributed by atoms with E-state index >= 15 is 0 Å². The predicted octanol–water partition coefficient (Wildman–Crippen LogP) is 4.28. The second-order valence-electron chi connectivity index (χ2n) is 7.07. The van der Waals surface area contributed by atoms with E-state index in [4.69, 9.17) is 9.47 Å². The van der Waals surface area contributed by atoms with Crippen molar-refractivity contribution in [3.8, 4) is 22.1 Å². The molecule has 2 heterocycles. The highest BCUT2D eigenvalue weighted by atomic mass is 32.1. The van der Waals surface area contributed by atoms with Crippen LogP contribution < -0.4 is 14.8 Å². The molecule has 0 aliphatic heterocycles. The maximum atomic E-state index is 12.7. The lowest BCUT2D eigenvalue weighted by atomic mass is 10.3. The molecular formula is C22H23N3O4S2. The Morgan fingerprint density at radius 2 is 1.97 bits per heavy atom. The number of thiophene rings is 1. The van der Waals surface area contributed by atoms with Crippen LogP contribution in [0.5, 0.6) is 11.5 Å². The second kappa shape index (κ2) is 9.93. The van der Waals surface area contributed by atoms with Crippen LogP contribution in [-0.4, -0.2) is 48.0 Å². The Kier molecular flexibility index (Phi) is 6.83. The van der Waals surface area contributed by atoms with E-state index in [0.717, 1.165) is 23.4 Å². The predicted molar refractivity (Wildman–Crippen MR) is 122 cm³/mol. The van der Waals surface area contributed by atoms with E-state index in [1.807, 2.05) is 35.0 Å². The Bertz CT molecular complexity index is 1030. The molecule has 0 saturated heterocycles. The van der Waals surface area contributed by atoms with Gasteiger partial charge in [-0.2, -0.15) is 0 Å². The van der Waals surface area contributed by atoms with Crippen LogP contribution in [0.25, 0.3) is 10.6 Å². The summed E-state index contributed by atoms with van der Waals surface area (Å²) in [6.07, 6.45) is 2.13. The van der Waals surface area contributed by atoms with Crippen LogP contribution in [0.15, 0.2) is 47.2 Å². The summed E-state index contributed by atoms with van der Waals surface area (Å²) in [6, 6.07) is 11.4. The molecule has 9 heteroatoms. The van der Waals surface area contributed by atoms with Crippen LogP contribution >= 0.6 is 22.7 Å². The lowest BCUT2D eigenvalue weighted by Crippen LogP contribution is -2.38. The number of thiazole rings is 1. The smallest absolute Gasteiger partial charge is 0.260 e. The van der Waals surface area contributed by atoms with Crippen LogP contribution in [0.2, 0.25) is 0 Å². The fourth-order valence-electron chi connectivity index (χ4n) is 3.13. The lowest BCUT2D eigenvalue weighted by molar-refractivity contribution is -0.134. The molecule has 0 spiro atoms. The number of methoxy groups -OCH3 is 1. The zero-order valence-electron chi connectivity index (χ0n) is 17.1. The van der Waals surface area contributed by atoms with Crippen LogP contribution in [0.4, 0.5) is 5.13 Å². The summed E-state index contributed by atoms with van der Waals surface area (Å²) in [5.41, 5.74) is 0.860. The highest BCUT2D eigenvalue weighted by Crippen LogP contribution is 2.30. The van der Waals surface area contributed by atoms with Crippen molar-refractivity contribution in [1.29, 1.82) is 0 Å². The number of para-hydroxylation sites is 2. The number of anilines is 1. The van der Waals surface area contributed by atoms with Crippen molar-refractivity contribution in [3.63, 3.8) is 0 Å². The fraction of sp³-hybridized carbons (Fsp3) is 0.318. The molecule has 1 aromatic carbocycles. The molecular weight excluding hydrogens is 434 g/mol. The summed E-state index contributed by atoms with van der Waals surface area (Å²) in [4.78, 5) is 32.4. The first-order valence-corrected chi connectivity index (χ1v) is 11.7. The number of ether oxygens (including phenoxy) is 2. The summed E-state index contributed by atoms with van der Waals surface area (Å²) >= 11 is 3.00. The number of carbonyl (C=O) groups is 2. The number of nitrogens with zero attached hydrogens (tertiary/aromatic N) is 2. The molecule has 0 unspecified atom stereocenters. The molecule has 3 aromatic rings. The molecule has 0 atom stereocenters. The summed E-state index contributed by atoms with van der Waals surface area (Å²) in [7, 11) is 1.56. The standard InChI is InChI=1S/C22H23N3O4S2/c1-28-17-5-2-3-6-18(17)29-13-21(27)25(15-8-9-15)11-10-20(26)24-22-23-16(14-31-22)19-7-4-12-30-19/h2-7,12,14-15H,8-11,13H2,1H3,(H,23,24,26). The van der Waals surface area contributed by atoms with Crippen molar-refractivity contribution in [2.45, 2.75) is 25.3 Å². The van der Waals surface area contributed by atoms with Gasteiger partial charge in [0.1, 0.15) is 0 Å². The third kappa shape index (κ3) is 5.62. The minimum atomic E-state index is -0.156. The highest BCUT2D eigenvalue weighted by Gasteiger charge is 2.33. The summed E-state index contributed by atoms with van der Waals surface area (Å²) in [6.45, 7) is 0.267. The summed E-state index contributed by atoms with van der Waals surface area (Å²) < 4.78 is 10.9. The quantitative estimate of drug-likeness (QED) is 0.492. The molecule has 7 nitrogen and oxygen atoms in total. The molecule has 1 aliphatic rings. The minimum absolute atomic E-state index is 0.0881. The van der Waals surface area contributed by atoms with Gasteiger partial charge >= 0.3 is 0 Å². The zero-order chi connectivity index (χ0) is 21.6. The Hall–Kier alpha value is -2.91. The van der Waals surface area contributed by atoms with Crippen molar-refractivity contribution < 1.29 is 19.1 Å². The van der Waals surface area contributed by atoms with E-state index in [1.54, 1.807) is 35.5 Å². The zero-order valence-corrected chi connectivity index (χ0v) is 18.7. The second-order valence-corrected chi connectivity index (χ2v) is 8.88. The van der Waals surface area contributed by atoms with Crippen molar-refractivity contribution >= 4 is 39.6 Å². The summed E-state index contributed by atoms with van der Waals surface area (Å²) in [5, 5.41) is 7.33. The lowest BCUT2D eigenvalue weighted by Gasteiger charge is -2.22.